The molecule has 4 heteroatoms. The number of thiazole rings is 1. The van der Waals surface area contributed by atoms with Gasteiger partial charge in [-0.25, -0.2) is 0 Å². The number of allylic oxidation sites excluding steroid dienone is 2. The number of halogens is 1. The van der Waals surface area contributed by atoms with Gasteiger partial charge in [-0.15, -0.1) is 0 Å². The second-order valence-corrected chi connectivity index (χ2v) is 7.97. The van der Waals surface area contributed by atoms with Crippen molar-refractivity contribution in [2.75, 3.05) is 13.1 Å². The molecule has 0 aliphatic rings. The van der Waals surface area contributed by atoms with Crippen LogP contribution in [-0.4, -0.2) is 18.0 Å². The summed E-state index contributed by atoms with van der Waals surface area (Å²) in [7, 11) is 2.13. The van der Waals surface area contributed by atoms with Crippen LogP contribution in [0.4, 0.5) is 0 Å². The van der Waals surface area contributed by atoms with Gasteiger partial charge in [0.25, 0.3) is 5.01 Å². The summed E-state index contributed by atoms with van der Waals surface area (Å²) < 4.78 is 3.59. The summed E-state index contributed by atoms with van der Waals surface area (Å²) >= 11 is 1.83. The monoisotopic (exact) mass is 456 g/mol. The Balaban J connectivity index is 0.00000288. The molecule has 0 aliphatic carbocycles. The van der Waals surface area contributed by atoms with Gasteiger partial charge in [0.1, 0.15) is 11.7 Å². The molecular formula is C20H29IN2S. The highest BCUT2D eigenvalue weighted by Crippen LogP contribution is 2.20. The molecule has 0 unspecified atom stereocenters. The lowest BCUT2D eigenvalue weighted by Gasteiger charge is -2.24. The molecule has 0 aliphatic heterocycles. The van der Waals surface area contributed by atoms with Crippen molar-refractivity contribution in [3.05, 3.63) is 47.6 Å². The Bertz CT molecular complexity index is 676. The van der Waals surface area contributed by atoms with Crippen molar-refractivity contribution in [3.63, 3.8) is 0 Å². The average Bonchev–Trinajstić information content (AvgIpc) is 2.79. The zero-order valence-electron chi connectivity index (χ0n) is 15.4. The normalized spacial score (nSPS) is 12.0. The van der Waals surface area contributed by atoms with Crippen LogP contribution < -0.4 is 28.5 Å². The van der Waals surface area contributed by atoms with Crippen LogP contribution >= 0.6 is 11.3 Å². The summed E-state index contributed by atoms with van der Waals surface area (Å²) in [5.74, 6) is 1.37. The molecule has 2 rings (SSSR count). The maximum absolute atomic E-state index is 2.42. The van der Waals surface area contributed by atoms with Crippen LogP contribution in [0, 0.1) is 11.8 Å². The van der Waals surface area contributed by atoms with Gasteiger partial charge in [0.2, 0.25) is 5.52 Å². The van der Waals surface area contributed by atoms with Crippen molar-refractivity contribution in [2.24, 2.45) is 18.9 Å². The lowest BCUT2D eigenvalue weighted by atomic mass is 10.1. The zero-order chi connectivity index (χ0) is 16.8. The van der Waals surface area contributed by atoms with Crippen LogP contribution in [-0.2, 0) is 7.05 Å². The highest BCUT2D eigenvalue weighted by atomic mass is 127. The topological polar surface area (TPSA) is 7.12 Å². The van der Waals surface area contributed by atoms with Crippen LogP contribution in [0.2, 0.25) is 0 Å². The molecule has 0 spiro atoms. The van der Waals surface area contributed by atoms with Gasteiger partial charge in [-0.2, -0.15) is 4.57 Å². The molecule has 2 nitrogen and oxygen atoms in total. The van der Waals surface area contributed by atoms with E-state index in [9.17, 15) is 0 Å². The van der Waals surface area contributed by atoms with E-state index in [-0.39, 0.29) is 24.0 Å². The predicted octanol–water partition coefficient (Wildman–Crippen LogP) is 1.87. The fourth-order valence-corrected chi connectivity index (χ4v) is 3.77. The first-order valence-corrected chi connectivity index (χ1v) is 9.25. The number of fused-ring (bicyclic) bond motifs is 1. The number of benzene rings is 1. The highest BCUT2D eigenvalue weighted by molar-refractivity contribution is 7.18. The third kappa shape index (κ3) is 6.20. The van der Waals surface area contributed by atoms with E-state index in [4.69, 9.17) is 0 Å². The minimum absolute atomic E-state index is 0. The minimum Gasteiger partial charge on any atom is -1.00 e. The van der Waals surface area contributed by atoms with Crippen molar-refractivity contribution in [1.29, 1.82) is 0 Å². The first-order chi connectivity index (χ1) is 11.0. The molecule has 0 radical (unpaired) electrons. The van der Waals surface area contributed by atoms with Crippen LogP contribution in [0.25, 0.3) is 16.3 Å². The van der Waals surface area contributed by atoms with Crippen molar-refractivity contribution in [2.45, 2.75) is 27.7 Å². The number of rotatable bonds is 7. The third-order valence-corrected chi connectivity index (χ3v) is 4.80. The van der Waals surface area contributed by atoms with E-state index in [2.05, 4.69) is 92.9 Å². The lowest BCUT2D eigenvalue weighted by molar-refractivity contribution is -0.642. The van der Waals surface area contributed by atoms with Gasteiger partial charge in [-0.05, 0) is 30.2 Å². The molecule has 0 fully saturated rings. The van der Waals surface area contributed by atoms with Crippen LogP contribution in [0.1, 0.15) is 32.7 Å². The SMILES string of the molecule is CC(C)CN(C=CC=Cc1sc2ccccc2[n+]1C)CC(C)C.[I-]. The van der Waals surface area contributed by atoms with Gasteiger partial charge in [0.15, 0.2) is 0 Å². The number of hydrogen-bond donors (Lipinski definition) is 0. The molecule has 0 bridgehead atoms. The Hall–Kier alpha value is -0.880. The number of hydrogen-bond acceptors (Lipinski definition) is 2. The van der Waals surface area contributed by atoms with E-state index in [0.717, 1.165) is 13.1 Å². The van der Waals surface area contributed by atoms with Gasteiger partial charge in [0.05, 0.1) is 0 Å². The van der Waals surface area contributed by atoms with E-state index in [0.29, 0.717) is 11.8 Å². The number of aromatic nitrogens is 1. The Labute approximate surface area is 167 Å². The Kier molecular flexibility index (Phi) is 8.98. The summed E-state index contributed by atoms with van der Waals surface area (Å²) in [6.07, 6.45) is 8.74. The number of aryl methyl sites for hydroxylation is 1. The highest BCUT2D eigenvalue weighted by Gasteiger charge is 2.12. The molecule has 0 saturated carbocycles. The smallest absolute Gasteiger partial charge is 0.262 e. The largest absolute Gasteiger partial charge is 1.00 e. The summed E-state index contributed by atoms with van der Waals surface area (Å²) in [6, 6.07) is 8.55. The van der Waals surface area contributed by atoms with Gasteiger partial charge in [-0.1, -0.05) is 57.2 Å². The average molecular weight is 456 g/mol. The molecule has 132 valence electrons. The van der Waals surface area contributed by atoms with Crippen molar-refractivity contribution >= 4 is 27.6 Å². The van der Waals surface area contributed by atoms with E-state index in [1.807, 2.05) is 11.3 Å². The van der Waals surface area contributed by atoms with E-state index in [1.165, 1.54) is 15.2 Å². The Morgan fingerprint density at radius 2 is 1.67 bits per heavy atom. The van der Waals surface area contributed by atoms with E-state index in [1.54, 1.807) is 0 Å². The van der Waals surface area contributed by atoms with Gasteiger partial charge < -0.3 is 28.9 Å². The molecule has 0 atom stereocenters. The molecule has 0 N–H and O–H groups in total. The second kappa shape index (κ2) is 10.2. The molecule has 24 heavy (non-hydrogen) atoms. The summed E-state index contributed by atoms with van der Waals surface area (Å²) in [5, 5.41) is 1.27. The zero-order valence-corrected chi connectivity index (χ0v) is 18.3. The van der Waals surface area contributed by atoms with E-state index >= 15 is 0 Å². The molecule has 1 aromatic heterocycles. The second-order valence-electron chi connectivity index (χ2n) is 6.91. The van der Waals surface area contributed by atoms with Crippen molar-refractivity contribution < 1.29 is 28.5 Å². The molecule has 2 aromatic rings. The summed E-state index contributed by atoms with van der Waals surface area (Å²) in [6.45, 7) is 11.3. The maximum Gasteiger partial charge on any atom is 0.262 e. The van der Waals surface area contributed by atoms with Crippen LogP contribution in [0.15, 0.2) is 42.6 Å². The Morgan fingerprint density at radius 1 is 1.04 bits per heavy atom. The standard InChI is InChI=1S/C20H29N2S.HI/c1-16(2)14-22(15-17(3)4)13-9-8-12-20-21(5)18-10-6-7-11-19(18)23-20;/h6-13,16-17H,14-15H2,1-5H3;1H/q+1;/p-1. The maximum atomic E-state index is 2.42. The molecule has 0 saturated heterocycles. The van der Waals surface area contributed by atoms with Crippen LogP contribution in [0.3, 0.4) is 0 Å². The summed E-state index contributed by atoms with van der Waals surface area (Å²) in [4.78, 5) is 2.42. The van der Waals surface area contributed by atoms with Crippen molar-refractivity contribution in [1.82, 2.24) is 4.90 Å². The van der Waals surface area contributed by atoms with Gasteiger partial charge in [-0.3, -0.25) is 0 Å². The van der Waals surface area contributed by atoms with Gasteiger partial charge >= 0.3 is 0 Å². The predicted molar refractivity (Wildman–Crippen MR) is 102 cm³/mol. The molecule has 1 aromatic carbocycles. The fraction of sp³-hybridized carbons (Fsp3) is 0.450. The quantitative estimate of drug-likeness (QED) is 0.351. The van der Waals surface area contributed by atoms with Crippen molar-refractivity contribution in [3.8, 4) is 0 Å². The lowest BCUT2D eigenvalue weighted by Crippen LogP contribution is -3.00. The molecule has 0 amide bonds. The third-order valence-electron chi connectivity index (χ3n) is 3.62. The first kappa shape index (κ1) is 21.2. The Morgan fingerprint density at radius 3 is 2.25 bits per heavy atom. The number of nitrogens with zero attached hydrogens (tertiary/aromatic N) is 2. The fourth-order valence-electron chi connectivity index (χ4n) is 2.71. The summed E-state index contributed by atoms with van der Waals surface area (Å²) in [5.41, 5.74) is 1.29. The van der Waals surface area contributed by atoms with E-state index < -0.39 is 0 Å². The van der Waals surface area contributed by atoms with Gasteiger partial charge in [0, 0.05) is 25.2 Å². The minimum atomic E-state index is 0. The number of para-hydroxylation sites is 1. The first-order valence-electron chi connectivity index (χ1n) is 8.44. The van der Waals surface area contributed by atoms with Crippen LogP contribution in [0.5, 0.6) is 0 Å². The molecule has 1 heterocycles. The molecular weight excluding hydrogens is 427 g/mol.